The van der Waals surface area contributed by atoms with E-state index in [4.69, 9.17) is 5.41 Å². The maximum absolute atomic E-state index is 11.9. The van der Waals surface area contributed by atoms with E-state index in [1.807, 2.05) is 0 Å². The molecule has 0 radical (unpaired) electrons. The first-order valence-corrected chi connectivity index (χ1v) is 5.84. The highest BCUT2D eigenvalue weighted by Gasteiger charge is 2.30. The number of nitrogens with one attached hydrogen (secondary N) is 2. The van der Waals surface area contributed by atoms with Crippen molar-refractivity contribution >= 4 is 23.1 Å². The molecule has 0 aliphatic heterocycles. The molecule has 1 atom stereocenters. The number of amides is 1. The molecule has 1 heterocycles. The number of aliphatic hydroxyl groups is 3. The fourth-order valence-corrected chi connectivity index (χ4v) is 1.52. The zero-order valence-electron chi connectivity index (χ0n) is 11.7. The monoisotopic (exact) mass is 285 g/mol. The van der Waals surface area contributed by atoms with Crippen molar-refractivity contribution in [2.45, 2.75) is 19.9 Å². The molecular formula is C11H19N5O4. The zero-order chi connectivity index (χ0) is 15.7. The van der Waals surface area contributed by atoms with E-state index >= 15 is 0 Å². The van der Waals surface area contributed by atoms with Crippen molar-refractivity contribution in [2.24, 2.45) is 5.92 Å². The summed E-state index contributed by atoms with van der Waals surface area (Å²) >= 11 is 0. The van der Waals surface area contributed by atoms with Gasteiger partial charge in [-0.3, -0.25) is 4.79 Å². The molecule has 0 aromatic carbocycles. The van der Waals surface area contributed by atoms with Crippen LogP contribution in [0.1, 0.15) is 13.8 Å². The molecule has 1 rings (SSSR count). The van der Waals surface area contributed by atoms with Gasteiger partial charge >= 0.3 is 6.10 Å². The van der Waals surface area contributed by atoms with Crippen molar-refractivity contribution in [3.8, 4) is 0 Å². The predicted octanol–water partition coefficient (Wildman–Crippen LogP) is -0.892. The van der Waals surface area contributed by atoms with Crippen molar-refractivity contribution in [3.05, 3.63) is 6.20 Å². The summed E-state index contributed by atoms with van der Waals surface area (Å²) in [5.74, 6) is -0.962. The number of carbonyl (C=O) groups is 1. The van der Waals surface area contributed by atoms with Crippen LogP contribution in [0.5, 0.6) is 0 Å². The summed E-state index contributed by atoms with van der Waals surface area (Å²) in [6.45, 7) is 3.09. The van der Waals surface area contributed by atoms with Gasteiger partial charge < -0.3 is 30.9 Å². The van der Waals surface area contributed by atoms with Gasteiger partial charge in [-0.05, 0) is 13.8 Å². The number of nitrogens with zero attached hydrogens (tertiary/aromatic N) is 3. The lowest BCUT2D eigenvalue weighted by Gasteiger charge is -2.22. The van der Waals surface area contributed by atoms with Crippen LogP contribution in [0.2, 0.25) is 0 Å². The Hall–Kier alpha value is -1.97. The van der Waals surface area contributed by atoms with Gasteiger partial charge in [0.25, 0.3) is 0 Å². The largest absolute Gasteiger partial charge is 0.390 e. The van der Waals surface area contributed by atoms with Crippen molar-refractivity contribution in [1.82, 2.24) is 9.78 Å². The molecule has 1 aromatic rings. The van der Waals surface area contributed by atoms with Crippen LogP contribution in [0.4, 0.5) is 11.5 Å². The van der Waals surface area contributed by atoms with Crippen LogP contribution < -0.4 is 10.2 Å². The second-order valence-corrected chi connectivity index (χ2v) is 4.68. The normalized spacial score (nSPS) is 12.9. The van der Waals surface area contributed by atoms with E-state index in [0.717, 1.165) is 0 Å². The second-order valence-electron chi connectivity index (χ2n) is 4.68. The fraction of sp³-hybridized carbons (Fsp3) is 0.545. The van der Waals surface area contributed by atoms with Gasteiger partial charge in [-0.15, -0.1) is 0 Å². The third kappa shape index (κ3) is 3.32. The van der Waals surface area contributed by atoms with E-state index in [9.17, 15) is 20.1 Å². The number of rotatable bonds is 5. The van der Waals surface area contributed by atoms with Gasteiger partial charge in [0.05, 0.1) is 12.1 Å². The van der Waals surface area contributed by atoms with E-state index in [2.05, 4.69) is 10.4 Å². The zero-order valence-corrected chi connectivity index (χ0v) is 11.7. The summed E-state index contributed by atoms with van der Waals surface area (Å²) in [4.78, 5) is 13.3. The first-order valence-electron chi connectivity index (χ1n) is 5.84. The standard InChI is InChI=1S/C11H19N5O4/c1-6(7(2)12)9(17)14-8-5-13-16(11(18,19)20)10(8)15(3)4/h5-6,12,18-20H,1-4H3,(H,14,17). The van der Waals surface area contributed by atoms with Gasteiger partial charge in [0, 0.05) is 19.8 Å². The Bertz CT molecular complexity index is 517. The molecule has 5 N–H and O–H groups in total. The molecule has 1 amide bonds. The molecule has 0 fully saturated rings. The van der Waals surface area contributed by atoms with Crippen LogP contribution >= 0.6 is 0 Å². The Morgan fingerprint density at radius 2 is 2.05 bits per heavy atom. The SMILES string of the molecule is CC(=N)C(C)C(=O)Nc1cnn(C(O)(O)O)c1N(C)C. The van der Waals surface area contributed by atoms with Gasteiger partial charge in [-0.25, -0.2) is 0 Å². The van der Waals surface area contributed by atoms with Crippen molar-refractivity contribution in [3.63, 3.8) is 0 Å². The Kier molecular flexibility index (Phi) is 4.48. The average molecular weight is 285 g/mol. The first kappa shape index (κ1) is 16.1. The predicted molar refractivity (Wildman–Crippen MR) is 72.4 cm³/mol. The summed E-state index contributed by atoms with van der Waals surface area (Å²) in [5, 5.41) is 41.2. The molecule has 9 nitrogen and oxygen atoms in total. The van der Waals surface area contributed by atoms with Crippen LogP contribution in [-0.2, 0) is 10.9 Å². The van der Waals surface area contributed by atoms with Gasteiger partial charge in [-0.2, -0.15) is 9.78 Å². The molecular weight excluding hydrogens is 266 g/mol. The molecule has 0 spiro atoms. The maximum atomic E-state index is 11.9. The molecule has 20 heavy (non-hydrogen) atoms. The van der Waals surface area contributed by atoms with Crippen molar-refractivity contribution in [2.75, 3.05) is 24.3 Å². The third-order valence-electron chi connectivity index (χ3n) is 2.75. The van der Waals surface area contributed by atoms with E-state index in [-0.39, 0.29) is 17.2 Å². The Morgan fingerprint density at radius 1 is 1.50 bits per heavy atom. The molecule has 1 aromatic heterocycles. The van der Waals surface area contributed by atoms with Crippen LogP contribution in [0.25, 0.3) is 0 Å². The van der Waals surface area contributed by atoms with E-state index < -0.39 is 17.9 Å². The van der Waals surface area contributed by atoms with Crippen LogP contribution in [0, 0.1) is 11.3 Å². The Balaban J connectivity index is 3.12. The lowest BCUT2D eigenvalue weighted by atomic mass is 10.1. The molecule has 112 valence electrons. The van der Waals surface area contributed by atoms with Gasteiger partial charge in [0.2, 0.25) is 5.91 Å². The quantitative estimate of drug-likeness (QED) is 0.352. The number of hydrogen-bond acceptors (Lipinski definition) is 7. The molecule has 0 bridgehead atoms. The van der Waals surface area contributed by atoms with Crippen LogP contribution in [0.15, 0.2) is 6.20 Å². The highest BCUT2D eigenvalue weighted by molar-refractivity contribution is 6.07. The molecule has 0 saturated carbocycles. The lowest BCUT2D eigenvalue weighted by Crippen LogP contribution is -2.36. The Morgan fingerprint density at radius 3 is 2.45 bits per heavy atom. The van der Waals surface area contributed by atoms with Crippen LogP contribution in [0.3, 0.4) is 0 Å². The molecule has 9 heteroatoms. The number of anilines is 2. The molecule has 1 unspecified atom stereocenters. The van der Waals surface area contributed by atoms with E-state index in [1.54, 1.807) is 21.0 Å². The summed E-state index contributed by atoms with van der Waals surface area (Å²) in [7, 11) is 3.17. The van der Waals surface area contributed by atoms with Crippen molar-refractivity contribution < 1.29 is 20.1 Å². The topological polar surface area (TPSA) is 135 Å². The molecule has 0 saturated heterocycles. The lowest BCUT2D eigenvalue weighted by molar-refractivity contribution is -0.379. The molecule has 0 aliphatic rings. The summed E-state index contributed by atoms with van der Waals surface area (Å²) in [6, 6.07) is 0. The smallest absolute Gasteiger partial charge is 0.361 e. The number of aromatic nitrogens is 2. The number of carbonyl (C=O) groups excluding carboxylic acids is 1. The average Bonchev–Trinajstić information content (AvgIpc) is 2.71. The van der Waals surface area contributed by atoms with E-state index in [0.29, 0.717) is 4.68 Å². The second kappa shape index (κ2) is 5.57. The van der Waals surface area contributed by atoms with Gasteiger partial charge in [0.1, 0.15) is 5.69 Å². The maximum Gasteiger partial charge on any atom is 0.390 e. The number of hydrogen-bond donors (Lipinski definition) is 5. The highest BCUT2D eigenvalue weighted by Crippen LogP contribution is 2.27. The Labute approximate surface area is 115 Å². The van der Waals surface area contributed by atoms with E-state index in [1.165, 1.54) is 18.0 Å². The molecule has 0 aliphatic carbocycles. The van der Waals surface area contributed by atoms with Gasteiger partial charge in [-0.1, -0.05) is 0 Å². The summed E-state index contributed by atoms with van der Waals surface area (Å²) < 4.78 is 0.546. The summed E-state index contributed by atoms with van der Waals surface area (Å²) in [5.41, 5.74) is 0.386. The minimum atomic E-state index is -3.17. The summed E-state index contributed by atoms with van der Waals surface area (Å²) in [6.07, 6.45) is -2.00. The minimum absolute atomic E-state index is 0.0979. The first-order chi connectivity index (χ1) is 9.05. The van der Waals surface area contributed by atoms with Crippen molar-refractivity contribution in [1.29, 1.82) is 5.41 Å². The minimum Gasteiger partial charge on any atom is -0.361 e. The van der Waals surface area contributed by atoms with Crippen LogP contribution in [-0.4, -0.2) is 50.8 Å². The third-order valence-corrected chi connectivity index (χ3v) is 2.75. The fourth-order valence-electron chi connectivity index (χ4n) is 1.52. The highest BCUT2D eigenvalue weighted by atomic mass is 16.7. The van der Waals surface area contributed by atoms with Gasteiger partial charge in [0.15, 0.2) is 5.82 Å².